The summed E-state index contributed by atoms with van der Waals surface area (Å²) in [7, 11) is 0. The molecular formula is C12H16N4. The molecule has 0 spiro atoms. The molecule has 0 aliphatic heterocycles. The molecule has 2 aromatic rings. The van der Waals surface area contributed by atoms with E-state index in [0.29, 0.717) is 0 Å². The number of hydrogen-bond acceptors (Lipinski definition) is 3. The zero-order valence-electron chi connectivity index (χ0n) is 10.1. The third kappa shape index (κ3) is 1.96. The van der Waals surface area contributed by atoms with Crippen molar-refractivity contribution in [2.45, 2.75) is 33.1 Å². The summed E-state index contributed by atoms with van der Waals surface area (Å²) in [5.74, 6) is 1.79. The largest absolute Gasteiger partial charge is 0.301 e. The van der Waals surface area contributed by atoms with Gasteiger partial charge in [-0.05, 0) is 6.92 Å². The van der Waals surface area contributed by atoms with Crippen LogP contribution in [0.15, 0.2) is 24.8 Å². The summed E-state index contributed by atoms with van der Waals surface area (Å²) in [6, 6.07) is 0. The molecule has 2 heterocycles. The number of aromatic nitrogens is 4. The molecular weight excluding hydrogens is 200 g/mol. The molecule has 0 radical (unpaired) electrons. The Morgan fingerprint density at radius 1 is 1.06 bits per heavy atom. The summed E-state index contributed by atoms with van der Waals surface area (Å²) in [6.07, 6.45) is 7.35. The first-order valence-corrected chi connectivity index (χ1v) is 5.31. The minimum absolute atomic E-state index is 0.0114. The second-order valence-electron chi connectivity index (χ2n) is 4.86. The third-order valence-electron chi connectivity index (χ3n) is 2.41. The molecule has 0 fully saturated rings. The number of aryl methyl sites for hydroxylation is 1. The van der Waals surface area contributed by atoms with Gasteiger partial charge in [0.2, 0.25) is 0 Å². The van der Waals surface area contributed by atoms with Crippen LogP contribution in [0.5, 0.6) is 0 Å². The Labute approximate surface area is 95.4 Å². The Balaban J connectivity index is 2.37. The van der Waals surface area contributed by atoms with E-state index in [1.807, 2.05) is 30.1 Å². The van der Waals surface area contributed by atoms with Crippen molar-refractivity contribution in [3.63, 3.8) is 0 Å². The van der Waals surface area contributed by atoms with Crippen molar-refractivity contribution in [3.8, 4) is 5.69 Å². The van der Waals surface area contributed by atoms with Crippen molar-refractivity contribution < 1.29 is 0 Å². The van der Waals surface area contributed by atoms with Gasteiger partial charge in [0.15, 0.2) is 0 Å². The molecule has 0 unspecified atom stereocenters. The highest BCUT2D eigenvalue weighted by Gasteiger charge is 2.16. The van der Waals surface area contributed by atoms with Crippen molar-refractivity contribution in [2.75, 3.05) is 0 Å². The van der Waals surface area contributed by atoms with Crippen molar-refractivity contribution in [1.29, 1.82) is 0 Å². The van der Waals surface area contributed by atoms with E-state index in [1.54, 1.807) is 6.20 Å². The second kappa shape index (κ2) is 3.70. The summed E-state index contributed by atoms with van der Waals surface area (Å²) < 4.78 is 1.96. The molecule has 2 aromatic heterocycles. The number of imidazole rings is 1. The van der Waals surface area contributed by atoms with E-state index < -0.39 is 0 Å². The monoisotopic (exact) mass is 216 g/mol. The molecule has 84 valence electrons. The predicted octanol–water partition coefficient (Wildman–Crippen LogP) is 2.27. The van der Waals surface area contributed by atoms with Gasteiger partial charge in [0.05, 0.1) is 18.1 Å². The minimum atomic E-state index is -0.0114. The number of nitrogens with zero attached hydrogens (tertiary/aromatic N) is 4. The zero-order chi connectivity index (χ0) is 11.8. The van der Waals surface area contributed by atoms with E-state index in [1.165, 1.54) is 0 Å². The van der Waals surface area contributed by atoms with Gasteiger partial charge in [-0.2, -0.15) is 0 Å². The van der Waals surface area contributed by atoms with Gasteiger partial charge >= 0.3 is 0 Å². The molecule has 16 heavy (non-hydrogen) atoms. The molecule has 0 bridgehead atoms. The van der Waals surface area contributed by atoms with Gasteiger partial charge in [0, 0.05) is 17.8 Å². The van der Waals surface area contributed by atoms with Gasteiger partial charge in [-0.1, -0.05) is 20.8 Å². The highest BCUT2D eigenvalue weighted by Crippen LogP contribution is 2.18. The van der Waals surface area contributed by atoms with E-state index in [2.05, 4.69) is 35.7 Å². The Morgan fingerprint density at radius 2 is 1.69 bits per heavy atom. The van der Waals surface area contributed by atoms with Gasteiger partial charge in [0.1, 0.15) is 11.6 Å². The molecule has 0 aliphatic carbocycles. The quantitative estimate of drug-likeness (QED) is 0.734. The van der Waals surface area contributed by atoms with Crippen LogP contribution in [-0.4, -0.2) is 19.5 Å². The Bertz CT molecular complexity index is 476. The van der Waals surface area contributed by atoms with E-state index in [4.69, 9.17) is 0 Å². The standard InChI is InChI=1S/C12H16N4/c1-9-13-5-6-16(9)10-7-14-11(15-8-10)12(2,3)4/h5-8H,1-4H3. The van der Waals surface area contributed by atoms with Crippen LogP contribution >= 0.6 is 0 Å². The van der Waals surface area contributed by atoms with Gasteiger partial charge in [-0.3, -0.25) is 0 Å². The molecule has 0 saturated heterocycles. The summed E-state index contributed by atoms with van der Waals surface area (Å²) in [6.45, 7) is 8.26. The number of rotatable bonds is 1. The van der Waals surface area contributed by atoms with Crippen LogP contribution in [0, 0.1) is 6.92 Å². The minimum Gasteiger partial charge on any atom is -0.301 e. The molecule has 2 rings (SSSR count). The molecule has 4 nitrogen and oxygen atoms in total. The number of hydrogen-bond donors (Lipinski definition) is 0. The maximum atomic E-state index is 4.39. The van der Waals surface area contributed by atoms with Crippen LogP contribution in [0.25, 0.3) is 5.69 Å². The molecule has 0 amide bonds. The van der Waals surface area contributed by atoms with Gasteiger partial charge in [-0.15, -0.1) is 0 Å². The lowest BCUT2D eigenvalue weighted by Gasteiger charge is -2.16. The van der Waals surface area contributed by atoms with E-state index >= 15 is 0 Å². The molecule has 0 saturated carbocycles. The van der Waals surface area contributed by atoms with E-state index in [9.17, 15) is 0 Å². The van der Waals surface area contributed by atoms with Crippen LogP contribution in [0.4, 0.5) is 0 Å². The van der Waals surface area contributed by atoms with Crippen LogP contribution < -0.4 is 0 Å². The average Bonchev–Trinajstić information content (AvgIpc) is 2.63. The fourth-order valence-corrected chi connectivity index (χ4v) is 1.48. The highest BCUT2D eigenvalue weighted by atomic mass is 15.1. The molecule has 0 N–H and O–H groups in total. The van der Waals surface area contributed by atoms with Gasteiger partial charge in [-0.25, -0.2) is 15.0 Å². The maximum Gasteiger partial charge on any atom is 0.133 e. The fourth-order valence-electron chi connectivity index (χ4n) is 1.48. The SMILES string of the molecule is Cc1nccn1-c1cnc(C(C)(C)C)nc1. The van der Waals surface area contributed by atoms with Crippen LogP contribution in [0.1, 0.15) is 32.4 Å². The first-order valence-electron chi connectivity index (χ1n) is 5.31. The lowest BCUT2D eigenvalue weighted by Crippen LogP contribution is -2.16. The predicted molar refractivity (Wildman–Crippen MR) is 62.6 cm³/mol. The van der Waals surface area contributed by atoms with Gasteiger partial charge < -0.3 is 4.57 Å². The zero-order valence-corrected chi connectivity index (χ0v) is 10.1. The highest BCUT2D eigenvalue weighted by molar-refractivity contribution is 5.27. The molecule has 0 atom stereocenters. The summed E-state index contributed by atoms with van der Waals surface area (Å²) in [5, 5.41) is 0. The Morgan fingerprint density at radius 3 is 2.12 bits per heavy atom. The van der Waals surface area contributed by atoms with Gasteiger partial charge in [0.25, 0.3) is 0 Å². The van der Waals surface area contributed by atoms with Crippen molar-refractivity contribution >= 4 is 0 Å². The summed E-state index contributed by atoms with van der Waals surface area (Å²) in [5.41, 5.74) is 0.936. The van der Waals surface area contributed by atoms with E-state index in [0.717, 1.165) is 17.3 Å². The lowest BCUT2D eigenvalue weighted by atomic mass is 9.96. The van der Waals surface area contributed by atoms with Crippen LogP contribution in [-0.2, 0) is 5.41 Å². The molecule has 4 heteroatoms. The molecule has 0 aliphatic rings. The fraction of sp³-hybridized carbons (Fsp3) is 0.417. The first-order chi connectivity index (χ1) is 7.48. The third-order valence-corrected chi connectivity index (χ3v) is 2.41. The van der Waals surface area contributed by atoms with Crippen molar-refractivity contribution in [2.24, 2.45) is 0 Å². The van der Waals surface area contributed by atoms with Crippen LogP contribution in [0.2, 0.25) is 0 Å². The summed E-state index contributed by atoms with van der Waals surface area (Å²) >= 11 is 0. The summed E-state index contributed by atoms with van der Waals surface area (Å²) in [4.78, 5) is 12.9. The Kier molecular flexibility index (Phi) is 2.50. The average molecular weight is 216 g/mol. The first kappa shape index (κ1) is 10.8. The second-order valence-corrected chi connectivity index (χ2v) is 4.86. The smallest absolute Gasteiger partial charge is 0.133 e. The molecule has 0 aromatic carbocycles. The topological polar surface area (TPSA) is 43.6 Å². The van der Waals surface area contributed by atoms with E-state index in [-0.39, 0.29) is 5.41 Å². The maximum absolute atomic E-state index is 4.39. The van der Waals surface area contributed by atoms with Crippen molar-refractivity contribution in [3.05, 3.63) is 36.4 Å². The Hall–Kier alpha value is -1.71. The normalized spacial score (nSPS) is 11.8. The van der Waals surface area contributed by atoms with Crippen molar-refractivity contribution in [1.82, 2.24) is 19.5 Å². The lowest BCUT2D eigenvalue weighted by molar-refractivity contribution is 0.544. The van der Waals surface area contributed by atoms with Crippen LogP contribution in [0.3, 0.4) is 0 Å².